The van der Waals surface area contributed by atoms with Gasteiger partial charge < -0.3 is 5.32 Å². The van der Waals surface area contributed by atoms with Crippen molar-refractivity contribution in [2.24, 2.45) is 5.92 Å². The number of benzene rings is 1. The Bertz CT molecular complexity index is 394. The van der Waals surface area contributed by atoms with Gasteiger partial charge in [-0.05, 0) is 18.9 Å². The molecular formula is C11H15FN2O2. The normalized spacial score (nSPS) is 12.6. The predicted molar refractivity (Wildman–Crippen MR) is 61.0 cm³/mol. The second kappa shape index (κ2) is 4.92. The smallest absolute Gasteiger partial charge is 0.272 e. The molecule has 0 aliphatic rings. The van der Waals surface area contributed by atoms with Crippen LogP contribution >= 0.6 is 0 Å². The van der Waals surface area contributed by atoms with Crippen LogP contribution in [0.15, 0.2) is 18.2 Å². The molecule has 1 aromatic rings. The molecular weight excluding hydrogens is 211 g/mol. The molecule has 1 N–H and O–H groups in total. The third-order valence-electron chi connectivity index (χ3n) is 2.55. The first kappa shape index (κ1) is 12.4. The molecule has 88 valence electrons. The highest BCUT2D eigenvalue weighted by atomic mass is 19.1. The van der Waals surface area contributed by atoms with E-state index in [1.165, 1.54) is 12.1 Å². The van der Waals surface area contributed by atoms with Gasteiger partial charge in [-0.2, -0.15) is 0 Å². The van der Waals surface area contributed by atoms with Crippen LogP contribution in [-0.2, 0) is 0 Å². The lowest BCUT2D eigenvalue weighted by molar-refractivity contribution is -0.385. The van der Waals surface area contributed by atoms with Gasteiger partial charge in [0.05, 0.1) is 16.7 Å². The first-order valence-electron chi connectivity index (χ1n) is 5.12. The standard InChI is InChI=1S/C11H15FN2O2/c1-7(2)8(3)13-11-5-4-9(14(15)16)6-10(11)12/h4-8,13H,1-3H3. The van der Waals surface area contributed by atoms with E-state index in [9.17, 15) is 14.5 Å². The van der Waals surface area contributed by atoms with Crippen LogP contribution in [0.5, 0.6) is 0 Å². The molecule has 0 aliphatic carbocycles. The topological polar surface area (TPSA) is 55.2 Å². The first-order valence-corrected chi connectivity index (χ1v) is 5.12. The molecule has 1 unspecified atom stereocenters. The second-order valence-electron chi connectivity index (χ2n) is 4.10. The number of nitrogens with one attached hydrogen (secondary N) is 1. The Hall–Kier alpha value is -1.65. The summed E-state index contributed by atoms with van der Waals surface area (Å²) in [7, 11) is 0. The maximum Gasteiger partial charge on any atom is 0.272 e. The van der Waals surface area contributed by atoms with E-state index >= 15 is 0 Å². The molecule has 0 heterocycles. The summed E-state index contributed by atoms with van der Waals surface area (Å²) in [6, 6.07) is 3.72. The van der Waals surface area contributed by atoms with Gasteiger partial charge in [0.25, 0.3) is 5.69 Å². The zero-order valence-corrected chi connectivity index (χ0v) is 9.53. The number of hydrogen-bond acceptors (Lipinski definition) is 3. The van der Waals surface area contributed by atoms with Gasteiger partial charge in [0.1, 0.15) is 0 Å². The van der Waals surface area contributed by atoms with Crippen molar-refractivity contribution in [3.8, 4) is 0 Å². The zero-order valence-electron chi connectivity index (χ0n) is 9.53. The summed E-state index contributed by atoms with van der Waals surface area (Å²) in [6.45, 7) is 5.97. The average Bonchev–Trinajstić information content (AvgIpc) is 2.20. The minimum Gasteiger partial charge on any atom is -0.380 e. The van der Waals surface area contributed by atoms with Gasteiger partial charge in [-0.25, -0.2) is 4.39 Å². The number of anilines is 1. The van der Waals surface area contributed by atoms with Gasteiger partial charge in [-0.1, -0.05) is 13.8 Å². The van der Waals surface area contributed by atoms with E-state index in [1.54, 1.807) is 0 Å². The summed E-state index contributed by atoms with van der Waals surface area (Å²) < 4.78 is 13.5. The number of halogens is 1. The molecule has 1 rings (SSSR count). The summed E-state index contributed by atoms with van der Waals surface area (Å²) >= 11 is 0. The van der Waals surface area contributed by atoms with Crippen molar-refractivity contribution in [3.05, 3.63) is 34.1 Å². The van der Waals surface area contributed by atoms with Crippen molar-refractivity contribution in [2.75, 3.05) is 5.32 Å². The highest BCUT2D eigenvalue weighted by molar-refractivity contribution is 5.50. The Labute approximate surface area is 93.6 Å². The summed E-state index contributed by atoms with van der Waals surface area (Å²) in [5.41, 5.74) is 0.0621. The molecule has 0 fully saturated rings. The van der Waals surface area contributed by atoms with Crippen LogP contribution in [0.25, 0.3) is 0 Å². The molecule has 0 saturated carbocycles. The van der Waals surface area contributed by atoms with Crippen molar-refractivity contribution >= 4 is 11.4 Å². The number of nitro benzene ring substituents is 1. The summed E-state index contributed by atoms with van der Waals surface area (Å²) in [5.74, 6) is -0.240. The molecule has 0 bridgehead atoms. The Morgan fingerprint density at radius 3 is 2.44 bits per heavy atom. The summed E-state index contributed by atoms with van der Waals surface area (Å²) in [5, 5.41) is 13.4. The minimum atomic E-state index is -0.612. The fourth-order valence-corrected chi connectivity index (χ4v) is 1.15. The third-order valence-corrected chi connectivity index (χ3v) is 2.55. The second-order valence-corrected chi connectivity index (χ2v) is 4.10. The lowest BCUT2D eigenvalue weighted by atomic mass is 10.1. The van der Waals surface area contributed by atoms with Gasteiger partial charge in [0, 0.05) is 12.1 Å². The third kappa shape index (κ3) is 2.92. The van der Waals surface area contributed by atoms with Crippen LogP contribution in [0.4, 0.5) is 15.8 Å². The maximum atomic E-state index is 13.5. The molecule has 0 aromatic heterocycles. The molecule has 1 aromatic carbocycles. The Morgan fingerprint density at radius 1 is 1.38 bits per heavy atom. The van der Waals surface area contributed by atoms with Crippen LogP contribution in [0.3, 0.4) is 0 Å². The van der Waals surface area contributed by atoms with E-state index in [2.05, 4.69) is 5.32 Å². The van der Waals surface area contributed by atoms with Gasteiger partial charge in [0.15, 0.2) is 5.82 Å². The van der Waals surface area contributed by atoms with E-state index in [1.807, 2.05) is 20.8 Å². The van der Waals surface area contributed by atoms with E-state index in [0.29, 0.717) is 11.6 Å². The molecule has 16 heavy (non-hydrogen) atoms. The fourth-order valence-electron chi connectivity index (χ4n) is 1.15. The lowest BCUT2D eigenvalue weighted by Crippen LogP contribution is -2.22. The highest BCUT2D eigenvalue weighted by Gasteiger charge is 2.13. The van der Waals surface area contributed by atoms with Crippen LogP contribution in [-0.4, -0.2) is 11.0 Å². The van der Waals surface area contributed by atoms with Crippen LogP contribution < -0.4 is 5.32 Å². The first-order chi connectivity index (χ1) is 7.41. The predicted octanol–water partition coefficient (Wildman–Crippen LogP) is 3.19. The summed E-state index contributed by atoms with van der Waals surface area (Å²) in [4.78, 5) is 9.80. The molecule has 0 amide bonds. The van der Waals surface area contributed by atoms with Crippen molar-refractivity contribution < 1.29 is 9.31 Å². The Morgan fingerprint density at radius 2 is 2.00 bits per heavy atom. The van der Waals surface area contributed by atoms with E-state index in [4.69, 9.17) is 0 Å². The van der Waals surface area contributed by atoms with Gasteiger partial charge in [0.2, 0.25) is 0 Å². The molecule has 0 spiro atoms. The lowest BCUT2D eigenvalue weighted by Gasteiger charge is -2.18. The molecule has 5 heteroatoms. The Kier molecular flexibility index (Phi) is 3.82. The van der Waals surface area contributed by atoms with Crippen molar-refractivity contribution in [1.82, 2.24) is 0 Å². The van der Waals surface area contributed by atoms with Crippen molar-refractivity contribution in [2.45, 2.75) is 26.8 Å². The van der Waals surface area contributed by atoms with Crippen LogP contribution in [0.2, 0.25) is 0 Å². The monoisotopic (exact) mass is 226 g/mol. The van der Waals surface area contributed by atoms with Crippen LogP contribution in [0.1, 0.15) is 20.8 Å². The largest absolute Gasteiger partial charge is 0.380 e. The van der Waals surface area contributed by atoms with Gasteiger partial charge in [-0.15, -0.1) is 0 Å². The highest BCUT2D eigenvalue weighted by Crippen LogP contribution is 2.22. The molecule has 0 aliphatic heterocycles. The summed E-state index contributed by atoms with van der Waals surface area (Å²) in [6.07, 6.45) is 0. The molecule has 0 saturated heterocycles. The molecule has 4 nitrogen and oxygen atoms in total. The van der Waals surface area contributed by atoms with Gasteiger partial charge >= 0.3 is 0 Å². The molecule has 1 atom stereocenters. The Balaban J connectivity index is 2.87. The fraction of sp³-hybridized carbons (Fsp3) is 0.455. The minimum absolute atomic E-state index is 0.107. The van der Waals surface area contributed by atoms with Crippen molar-refractivity contribution in [1.29, 1.82) is 0 Å². The quantitative estimate of drug-likeness (QED) is 0.633. The number of rotatable bonds is 4. The van der Waals surface area contributed by atoms with Crippen LogP contribution in [0, 0.1) is 21.8 Å². The SMILES string of the molecule is CC(C)C(C)Nc1ccc([N+](=O)[O-])cc1F. The molecule has 0 radical (unpaired) electrons. The van der Waals surface area contributed by atoms with Crippen molar-refractivity contribution in [3.63, 3.8) is 0 Å². The number of nitrogens with zero attached hydrogens (tertiary/aromatic N) is 1. The number of hydrogen-bond donors (Lipinski definition) is 1. The zero-order chi connectivity index (χ0) is 12.3. The van der Waals surface area contributed by atoms with E-state index < -0.39 is 10.7 Å². The number of non-ortho nitro benzene ring substituents is 1. The van der Waals surface area contributed by atoms with Gasteiger partial charge in [-0.3, -0.25) is 10.1 Å². The number of nitro groups is 1. The maximum absolute atomic E-state index is 13.5. The average molecular weight is 226 g/mol. The van der Waals surface area contributed by atoms with E-state index in [0.717, 1.165) is 6.07 Å². The van der Waals surface area contributed by atoms with E-state index in [-0.39, 0.29) is 11.7 Å².